The van der Waals surface area contributed by atoms with Crippen molar-refractivity contribution in [2.75, 3.05) is 26.8 Å². The van der Waals surface area contributed by atoms with Gasteiger partial charge in [0.1, 0.15) is 0 Å². The van der Waals surface area contributed by atoms with Gasteiger partial charge in [-0.15, -0.1) is 0 Å². The molecule has 0 spiro atoms. The van der Waals surface area contributed by atoms with Crippen LogP contribution in [0.5, 0.6) is 0 Å². The van der Waals surface area contributed by atoms with Crippen LogP contribution >= 0.6 is 0 Å². The lowest BCUT2D eigenvalue weighted by atomic mass is 9.96. The van der Waals surface area contributed by atoms with Gasteiger partial charge in [0.15, 0.2) is 0 Å². The summed E-state index contributed by atoms with van der Waals surface area (Å²) in [6.07, 6.45) is 4.69. The number of carbonyl (C=O) groups excluding carboxylic acids is 1. The smallest absolute Gasteiger partial charge is 0.222 e. The monoisotopic (exact) mass is 272 g/mol. The molecule has 4 heteroatoms. The molecular weight excluding hydrogens is 240 g/mol. The summed E-state index contributed by atoms with van der Waals surface area (Å²) in [5.74, 6) is 0.831. The molecular formula is C15H32N2O2. The molecule has 2 atom stereocenters. The Labute approximate surface area is 118 Å². The van der Waals surface area contributed by atoms with Crippen molar-refractivity contribution >= 4 is 5.91 Å². The van der Waals surface area contributed by atoms with Crippen molar-refractivity contribution in [3.63, 3.8) is 0 Å². The summed E-state index contributed by atoms with van der Waals surface area (Å²) in [5.41, 5.74) is 5.59. The summed E-state index contributed by atoms with van der Waals surface area (Å²) in [7, 11) is 1.67. The van der Waals surface area contributed by atoms with Crippen molar-refractivity contribution in [2.24, 2.45) is 11.7 Å². The van der Waals surface area contributed by atoms with Gasteiger partial charge < -0.3 is 15.4 Å². The van der Waals surface area contributed by atoms with Crippen LogP contribution in [0.3, 0.4) is 0 Å². The van der Waals surface area contributed by atoms with Crippen molar-refractivity contribution in [3.8, 4) is 0 Å². The molecule has 2 unspecified atom stereocenters. The Hall–Kier alpha value is -0.610. The highest BCUT2D eigenvalue weighted by Gasteiger charge is 2.19. The Morgan fingerprint density at radius 2 is 1.95 bits per heavy atom. The lowest BCUT2D eigenvalue weighted by Gasteiger charge is -2.29. The van der Waals surface area contributed by atoms with Crippen LogP contribution in [-0.2, 0) is 9.53 Å². The molecule has 0 aromatic carbocycles. The van der Waals surface area contributed by atoms with Crippen LogP contribution in [0.25, 0.3) is 0 Å². The van der Waals surface area contributed by atoms with Gasteiger partial charge in [0, 0.05) is 26.1 Å². The molecule has 0 aliphatic carbocycles. The van der Waals surface area contributed by atoms with Crippen molar-refractivity contribution in [3.05, 3.63) is 0 Å². The number of hydrogen-bond donors (Lipinski definition) is 1. The maximum absolute atomic E-state index is 12.3. The van der Waals surface area contributed by atoms with Gasteiger partial charge in [-0.3, -0.25) is 4.79 Å². The van der Waals surface area contributed by atoms with Gasteiger partial charge >= 0.3 is 0 Å². The first-order chi connectivity index (χ1) is 9.10. The highest BCUT2D eigenvalue weighted by Crippen LogP contribution is 2.16. The number of amides is 1. The van der Waals surface area contributed by atoms with E-state index in [1.54, 1.807) is 7.11 Å². The molecule has 0 aromatic heterocycles. The first kappa shape index (κ1) is 18.4. The van der Waals surface area contributed by atoms with E-state index in [0.29, 0.717) is 32.0 Å². The normalized spacial score (nSPS) is 14.2. The molecule has 0 heterocycles. The first-order valence-corrected chi connectivity index (χ1v) is 7.59. The minimum Gasteiger partial charge on any atom is -0.383 e. The molecule has 0 radical (unpaired) electrons. The van der Waals surface area contributed by atoms with E-state index in [0.717, 1.165) is 25.7 Å². The molecule has 0 aliphatic heterocycles. The molecule has 114 valence electrons. The standard InChI is InChI=1S/C15H32N2O2/c1-5-13(3)17(11-12-19-4)15(18)8-7-14(6-2)9-10-16/h13-14H,5-12,16H2,1-4H3. The van der Waals surface area contributed by atoms with E-state index in [1.807, 2.05) is 4.90 Å². The Morgan fingerprint density at radius 3 is 2.42 bits per heavy atom. The second kappa shape index (κ2) is 11.2. The fraction of sp³-hybridized carbons (Fsp3) is 0.933. The van der Waals surface area contributed by atoms with Gasteiger partial charge in [-0.25, -0.2) is 0 Å². The minimum absolute atomic E-state index is 0.252. The van der Waals surface area contributed by atoms with E-state index < -0.39 is 0 Å². The predicted octanol–water partition coefficient (Wildman–Crippen LogP) is 2.42. The molecule has 0 bridgehead atoms. The molecule has 0 saturated carbocycles. The summed E-state index contributed by atoms with van der Waals surface area (Å²) in [4.78, 5) is 14.3. The van der Waals surface area contributed by atoms with Crippen LogP contribution in [0, 0.1) is 5.92 Å². The average Bonchev–Trinajstić information content (AvgIpc) is 2.43. The Bertz CT molecular complexity index is 234. The Morgan fingerprint density at radius 1 is 1.26 bits per heavy atom. The number of carbonyl (C=O) groups is 1. The lowest BCUT2D eigenvalue weighted by Crippen LogP contribution is -2.40. The zero-order valence-corrected chi connectivity index (χ0v) is 13.2. The number of nitrogens with two attached hydrogens (primary N) is 1. The fourth-order valence-electron chi connectivity index (χ4n) is 2.26. The third-order valence-corrected chi connectivity index (χ3v) is 3.90. The van der Waals surface area contributed by atoms with Gasteiger partial charge in [-0.05, 0) is 38.6 Å². The molecule has 0 fully saturated rings. The summed E-state index contributed by atoms with van der Waals surface area (Å²) in [6, 6.07) is 0.289. The molecule has 0 rings (SSSR count). The molecule has 2 N–H and O–H groups in total. The maximum atomic E-state index is 12.3. The van der Waals surface area contributed by atoms with Crippen LogP contribution in [-0.4, -0.2) is 43.7 Å². The van der Waals surface area contributed by atoms with Gasteiger partial charge in [0.2, 0.25) is 5.91 Å². The molecule has 1 amide bonds. The highest BCUT2D eigenvalue weighted by molar-refractivity contribution is 5.76. The molecule has 0 saturated heterocycles. The number of methoxy groups -OCH3 is 1. The summed E-state index contributed by atoms with van der Waals surface area (Å²) in [5, 5.41) is 0. The number of rotatable bonds is 11. The second-order valence-electron chi connectivity index (χ2n) is 5.23. The quantitative estimate of drug-likeness (QED) is 0.628. The summed E-state index contributed by atoms with van der Waals surface area (Å²) < 4.78 is 5.09. The van der Waals surface area contributed by atoms with Crippen LogP contribution in [0.2, 0.25) is 0 Å². The van der Waals surface area contributed by atoms with Gasteiger partial charge in [0.25, 0.3) is 0 Å². The zero-order chi connectivity index (χ0) is 14.7. The average molecular weight is 272 g/mol. The van der Waals surface area contributed by atoms with Crippen LogP contribution in [0.4, 0.5) is 0 Å². The minimum atomic E-state index is 0.252. The molecule has 0 aliphatic rings. The van der Waals surface area contributed by atoms with E-state index in [9.17, 15) is 4.79 Å². The van der Waals surface area contributed by atoms with E-state index in [4.69, 9.17) is 10.5 Å². The lowest BCUT2D eigenvalue weighted by molar-refractivity contribution is -0.134. The third-order valence-electron chi connectivity index (χ3n) is 3.90. The Balaban J connectivity index is 4.29. The van der Waals surface area contributed by atoms with Crippen LogP contribution in [0.1, 0.15) is 52.9 Å². The van der Waals surface area contributed by atoms with Gasteiger partial charge in [0.05, 0.1) is 6.61 Å². The van der Waals surface area contributed by atoms with Crippen molar-refractivity contribution in [1.82, 2.24) is 4.90 Å². The van der Waals surface area contributed by atoms with Crippen molar-refractivity contribution in [1.29, 1.82) is 0 Å². The molecule has 19 heavy (non-hydrogen) atoms. The summed E-state index contributed by atoms with van der Waals surface area (Å²) in [6.45, 7) is 8.40. The third kappa shape index (κ3) is 7.53. The van der Waals surface area contributed by atoms with E-state index >= 15 is 0 Å². The first-order valence-electron chi connectivity index (χ1n) is 7.59. The van der Waals surface area contributed by atoms with E-state index in [-0.39, 0.29) is 11.9 Å². The SMILES string of the molecule is CCC(CCN)CCC(=O)N(CCOC)C(C)CC. The van der Waals surface area contributed by atoms with Crippen molar-refractivity contribution < 1.29 is 9.53 Å². The van der Waals surface area contributed by atoms with E-state index in [2.05, 4.69) is 20.8 Å². The van der Waals surface area contributed by atoms with Gasteiger partial charge in [-0.1, -0.05) is 20.3 Å². The Kier molecular flexibility index (Phi) is 10.9. The highest BCUT2D eigenvalue weighted by atomic mass is 16.5. The van der Waals surface area contributed by atoms with E-state index in [1.165, 1.54) is 0 Å². The topological polar surface area (TPSA) is 55.6 Å². The fourth-order valence-corrected chi connectivity index (χ4v) is 2.26. The van der Waals surface area contributed by atoms with Crippen LogP contribution < -0.4 is 5.73 Å². The largest absolute Gasteiger partial charge is 0.383 e. The number of hydrogen-bond acceptors (Lipinski definition) is 3. The maximum Gasteiger partial charge on any atom is 0.222 e. The zero-order valence-electron chi connectivity index (χ0n) is 13.2. The second-order valence-corrected chi connectivity index (χ2v) is 5.23. The summed E-state index contributed by atoms with van der Waals surface area (Å²) >= 11 is 0. The predicted molar refractivity (Wildman–Crippen MR) is 80.0 cm³/mol. The number of ether oxygens (including phenoxy) is 1. The molecule has 4 nitrogen and oxygen atoms in total. The van der Waals surface area contributed by atoms with Crippen molar-refractivity contribution in [2.45, 2.75) is 58.9 Å². The van der Waals surface area contributed by atoms with Gasteiger partial charge in [-0.2, -0.15) is 0 Å². The van der Waals surface area contributed by atoms with Crippen LogP contribution in [0.15, 0.2) is 0 Å². The number of nitrogens with zero attached hydrogens (tertiary/aromatic N) is 1. The molecule has 0 aromatic rings.